The SMILES string of the molecule is N#CCOC(=O)CCC(=O)c1ccc(-c2ccccc2)cc1. The minimum absolute atomic E-state index is 0.0129. The normalized spacial score (nSPS) is 9.77. The van der Waals surface area contributed by atoms with Crippen LogP contribution in [0.25, 0.3) is 11.1 Å². The van der Waals surface area contributed by atoms with Crippen LogP contribution in [0.2, 0.25) is 0 Å². The Balaban J connectivity index is 1.94. The fraction of sp³-hybridized carbons (Fsp3) is 0.167. The molecule has 0 aromatic heterocycles. The zero-order chi connectivity index (χ0) is 15.8. The highest BCUT2D eigenvalue weighted by atomic mass is 16.5. The molecule has 0 aliphatic carbocycles. The van der Waals surface area contributed by atoms with Crippen LogP contribution in [0.4, 0.5) is 0 Å². The van der Waals surface area contributed by atoms with Crippen molar-refractivity contribution >= 4 is 11.8 Å². The predicted octanol–water partition coefficient (Wildman–Crippen LogP) is 3.38. The summed E-state index contributed by atoms with van der Waals surface area (Å²) >= 11 is 0. The van der Waals surface area contributed by atoms with Crippen molar-refractivity contribution in [3.8, 4) is 17.2 Å². The van der Waals surface area contributed by atoms with Gasteiger partial charge in [-0.1, -0.05) is 54.6 Å². The summed E-state index contributed by atoms with van der Waals surface area (Å²) in [6.45, 7) is -0.279. The van der Waals surface area contributed by atoms with Crippen LogP contribution in [0.5, 0.6) is 0 Å². The lowest BCUT2D eigenvalue weighted by molar-refractivity contribution is -0.142. The van der Waals surface area contributed by atoms with Crippen molar-refractivity contribution in [1.29, 1.82) is 5.26 Å². The Morgan fingerprint density at radius 1 is 0.909 bits per heavy atom. The highest BCUT2D eigenvalue weighted by Crippen LogP contribution is 2.19. The van der Waals surface area contributed by atoms with Gasteiger partial charge in [0.25, 0.3) is 0 Å². The van der Waals surface area contributed by atoms with E-state index in [1.165, 1.54) is 0 Å². The fourth-order valence-corrected chi connectivity index (χ4v) is 2.02. The average Bonchev–Trinajstić information content (AvgIpc) is 2.58. The summed E-state index contributed by atoms with van der Waals surface area (Å²) in [5, 5.41) is 8.30. The largest absolute Gasteiger partial charge is 0.450 e. The van der Waals surface area contributed by atoms with Crippen LogP contribution in [-0.4, -0.2) is 18.4 Å². The van der Waals surface area contributed by atoms with Crippen molar-refractivity contribution in [3.05, 3.63) is 60.2 Å². The van der Waals surface area contributed by atoms with Crippen molar-refractivity contribution in [3.63, 3.8) is 0 Å². The summed E-state index contributed by atoms with van der Waals surface area (Å²) in [6, 6.07) is 18.9. The third-order valence-electron chi connectivity index (χ3n) is 3.17. The van der Waals surface area contributed by atoms with Crippen LogP contribution in [0.3, 0.4) is 0 Å². The minimum atomic E-state index is -0.532. The molecular formula is C18H15NO3. The first kappa shape index (κ1) is 15.5. The van der Waals surface area contributed by atoms with E-state index in [4.69, 9.17) is 5.26 Å². The quantitative estimate of drug-likeness (QED) is 0.605. The number of esters is 1. The van der Waals surface area contributed by atoms with Gasteiger partial charge >= 0.3 is 5.97 Å². The smallest absolute Gasteiger partial charge is 0.307 e. The molecule has 0 saturated carbocycles. The molecule has 0 fully saturated rings. The van der Waals surface area contributed by atoms with Crippen LogP contribution in [0.1, 0.15) is 23.2 Å². The molecule has 0 atom stereocenters. The zero-order valence-corrected chi connectivity index (χ0v) is 12.0. The molecule has 2 rings (SSSR count). The van der Waals surface area contributed by atoms with Gasteiger partial charge in [0.15, 0.2) is 12.4 Å². The van der Waals surface area contributed by atoms with Gasteiger partial charge in [-0.3, -0.25) is 9.59 Å². The van der Waals surface area contributed by atoms with E-state index in [2.05, 4.69) is 4.74 Å². The first-order valence-electron chi connectivity index (χ1n) is 6.92. The first-order valence-corrected chi connectivity index (χ1v) is 6.92. The summed E-state index contributed by atoms with van der Waals surface area (Å²) in [5.74, 6) is -0.649. The summed E-state index contributed by atoms with van der Waals surface area (Å²) in [7, 11) is 0. The number of hydrogen-bond acceptors (Lipinski definition) is 4. The summed E-state index contributed by atoms with van der Waals surface area (Å²) < 4.78 is 4.60. The maximum Gasteiger partial charge on any atom is 0.307 e. The lowest BCUT2D eigenvalue weighted by Gasteiger charge is -2.04. The van der Waals surface area contributed by atoms with Gasteiger partial charge in [0.2, 0.25) is 0 Å². The number of nitrogens with zero attached hydrogens (tertiary/aromatic N) is 1. The number of hydrogen-bond donors (Lipinski definition) is 0. The molecule has 2 aromatic carbocycles. The van der Waals surface area contributed by atoms with Gasteiger partial charge in [0.1, 0.15) is 6.07 Å². The molecule has 0 aliphatic rings. The number of Topliss-reactive ketones (excluding diaryl/α,β-unsaturated/α-hetero) is 1. The van der Waals surface area contributed by atoms with E-state index in [-0.39, 0.29) is 25.2 Å². The monoisotopic (exact) mass is 293 g/mol. The Hall–Kier alpha value is -2.93. The molecule has 4 nitrogen and oxygen atoms in total. The molecule has 0 aliphatic heterocycles. The molecule has 0 amide bonds. The third-order valence-corrected chi connectivity index (χ3v) is 3.17. The van der Waals surface area contributed by atoms with Crippen molar-refractivity contribution in [2.75, 3.05) is 6.61 Å². The van der Waals surface area contributed by atoms with Crippen molar-refractivity contribution < 1.29 is 14.3 Å². The van der Waals surface area contributed by atoms with Gasteiger partial charge in [-0.05, 0) is 11.1 Å². The fourth-order valence-electron chi connectivity index (χ4n) is 2.02. The molecule has 110 valence electrons. The number of ether oxygens (including phenoxy) is 1. The molecule has 22 heavy (non-hydrogen) atoms. The average molecular weight is 293 g/mol. The molecule has 0 radical (unpaired) electrons. The van der Waals surface area contributed by atoms with E-state index >= 15 is 0 Å². The van der Waals surface area contributed by atoms with E-state index in [1.807, 2.05) is 42.5 Å². The lowest BCUT2D eigenvalue weighted by Crippen LogP contribution is -2.08. The molecule has 0 bridgehead atoms. The Bertz CT molecular complexity index is 685. The van der Waals surface area contributed by atoms with Crippen LogP contribution in [0.15, 0.2) is 54.6 Å². The van der Waals surface area contributed by atoms with Crippen molar-refractivity contribution in [2.45, 2.75) is 12.8 Å². The Kier molecular flexibility index (Phi) is 5.44. The second-order valence-electron chi connectivity index (χ2n) is 4.69. The second kappa shape index (κ2) is 7.75. The van der Waals surface area contributed by atoms with Gasteiger partial charge in [0.05, 0.1) is 6.42 Å². The predicted molar refractivity (Wildman–Crippen MR) is 82.0 cm³/mol. The number of rotatable bonds is 6. The maximum atomic E-state index is 12.0. The molecule has 0 spiro atoms. The van der Waals surface area contributed by atoms with E-state index in [0.717, 1.165) is 11.1 Å². The molecule has 0 unspecified atom stereocenters. The first-order chi connectivity index (χ1) is 10.7. The molecule has 0 heterocycles. The van der Waals surface area contributed by atoms with E-state index < -0.39 is 5.97 Å². The minimum Gasteiger partial charge on any atom is -0.450 e. The maximum absolute atomic E-state index is 12.0. The number of nitriles is 1. The van der Waals surface area contributed by atoms with E-state index in [1.54, 1.807) is 18.2 Å². The number of carbonyl (C=O) groups excluding carboxylic acids is 2. The Morgan fingerprint density at radius 2 is 1.55 bits per heavy atom. The summed E-state index contributed by atoms with van der Waals surface area (Å²) in [5.41, 5.74) is 2.68. The highest BCUT2D eigenvalue weighted by Gasteiger charge is 2.10. The molecule has 0 saturated heterocycles. The van der Waals surface area contributed by atoms with Crippen LogP contribution < -0.4 is 0 Å². The van der Waals surface area contributed by atoms with Crippen LogP contribution in [-0.2, 0) is 9.53 Å². The Morgan fingerprint density at radius 3 is 2.18 bits per heavy atom. The van der Waals surface area contributed by atoms with Gasteiger partial charge in [0, 0.05) is 12.0 Å². The standard InChI is InChI=1S/C18H15NO3/c19-12-13-22-18(21)11-10-17(20)16-8-6-15(7-9-16)14-4-2-1-3-5-14/h1-9H,10-11,13H2. The van der Waals surface area contributed by atoms with Crippen LogP contribution >= 0.6 is 0 Å². The highest BCUT2D eigenvalue weighted by molar-refractivity contribution is 5.97. The van der Waals surface area contributed by atoms with E-state index in [0.29, 0.717) is 5.56 Å². The van der Waals surface area contributed by atoms with Crippen LogP contribution in [0, 0.1) is 11.3 Å². The van der Waals surface area contributed by atoms with Gasteiger partial charge in [-0.2, -0.15) is 5.26 Å². The molecule has 2 aromatic rings. The second-order valence-corrected chi connectivity index (χ2v) is 4.69. The molecule has 4 heteroatoms. The topological polar surface area (TPSA) is 67.2 Å². The number of carbonyl (C=O) groups is 2. The number of ketones is 1. The third kappa shape index (κ3) is 4.29. The molecule has 0 N–H and O–H groups in total. The van der Waals surface area contributed by atoms with Gasteiger partial charge in [-0.15, -0.1) is 0 Å². The summed E-state index contributed by atoms with van der Waals surface area (Å²) in [4.78, 5) is 23.2. The van der Waals surface area contributed by atoms with Crippen molar-refractivity contribution in [1.82, 2.24) is 0 Å². The van der Waals surface area contributed by atoms with Gasteiger partial charge < -0.3 is 4.74 Å². The lowest BCUT2D eigenvalue weighted by atomic mass is 10.0. The zero-order valence-electron chi connectivity index (χ0n) is 12.0. The molecular weight excluding hydrogens is 278 g/mol. The Labute approximate surface area is 129 Å². The number of benzene rings is 2. The van der Waals surface area contributed by atoms with Crippen molar-refractivity contribution in [2.24, 2.45) is 0 Å². The van der Waals surface area contributed by atoms with Gasteiger partial charge in [-0.25, -0.2) is 0 Å². The van der Waals surface area contributed by atoms with E-state index in [9.17, 15) is 9.59 Å². The summed E-state index contributed by atoms with van der Waals surface area (Å²) in [6.07, 6.45) is 0.0654.